The Kier molecular flexibility index (Phi) is 5.42. The number of hydrogen-bond donors (Lipinski definition) is 2. The van der Waals surface area contributed by atoms with Crippen LogP contribution in [-0.2, 0) is 14.8 Å². The van der Waals surface area contributed by atoms with Crippen LogP contribution in [0.5, 0.6) is 0 Å². The molecule has 0 bridgehead atoms. The normalized spacial score (nSPS) is 11.3. The van der Waals surface area contributed by atoms with Crippen LogP contribution in [0.15, 0.2) is 12.1 Å². The second-order valence-corrected chi connectivity index (χ2v) is 6.21. The third-order valence-corrected chi connectivity index (χ3v) is 3.83. The van der Waals surface area contributed by atoms with Gasteiger partial charge in [0.15, 0.2) is 0 Å². The fourth-order valence-corrected chi connectivity index (χ4v) is 2.86. The molecule has 0 aliphatic carbocycles. The number of nitrogens with one attached hydrogen (secondary N) is 1. The summed E-state index contributed by atoms with van der Waals surface area (Å²) in [7, 11) is -2.40. The molecule has 106 valence electrons. The van der Waals surface area contributed by atoms with Crippen LogP contribution in [0.4, 0.5) is 5.69 Å². The fourth-order valence-electron chi connectivity index (χ4n) is 1.25. The lowest BCUT2D eigenvalue weighted by molar-refractivity contribution is 0.0698. The molecule has 19 heavy (non-hydrogen) atoms. The molecule has 2 N–H and O–H groups in total. The van der Waals surface area contributed by atoms with Crippen molar-refractivity contribution in [2.45, 2.75) is 0 Å². The van der Waals surface area contributed by atoms with Crippen molar-refractivity contribution in [3.05, 3.63) is 27.7 Å². The molecule has 0 amide bonds. The second-order valence-electron chi connectivity index (χ2n) is 3.53. The van der Waals surface area contributed by atoms with Crippen molar-refractivity contribution in [1.82, 2.24) is 0 Å². The Morgan fingerprint density at radius 3 is 2.58 bits per heavy atom. The molecule has 1 rings (SSSR count). The number of benzene rings is 1. The first-order valence-corrected chi connectivity index (χ1v) is 7.39. The molecule has 0 unspecified atom stereocenters. The highest BCUT2D eigenvalue weighted by Crippen LogP contribution is 2.31. The van der Waals surface area contributed by atoms with Gasteiger partial charge in [0.25, 0.3) is 0 Å². The number of carboxylic acids is 1. The summed E-state index contributed by atoms with van der Waals surface area (Å²) in [4.78, 5) is 11.0. The van der Waals surface area contributed by atoms with E-state index in [9.17, 15) is 13.2 Å². The van der Waals surface area contributed by atoms with E-state index in [0.29, 0.717) is 0 Å². The number of carboxylic acid groups (broad SMARTS) is 1. The summed E-state index contributed by atoms with van der Waals surface area (Å²) in [5.74, 6) is -1.66. The van der Waals surface area contributed by atoms with Gasteiger partial charge in [-0.1, -0.05) is 23.2 Å². The summed E-state index contributed by atoms with van der Waals surface area (Å²) in [6.45, 7) is -0.0249. The minimum Gasteiger partial charge on any atom is -0.478 e. The van der Waals surface area contributed by atoms with Gasteiger partial charge in [0.2, 0.25) is 10.0 Å². The highest BCUT2D eigenvalue weighted by molar-refractivity contribution is 7.92. The molecule has 9 heteroatoms. The summed E-state index contributed by atoms with van der Waals surface area (Å²) in [6.07, 6.45) is 0. The van der Waals surface area contributed by atoms with Gasteiger partial charge in [0.1, 0.15) is 0 Å². The van der Waals surface area contributed by atoms with Gasteiger partial charge in [-0.2, -0.15) is 0 Å². The zero-order chi connectivity index (χ0) is 14.6. The van der Waals surface area contributed by atoms with Crippen LogP contribution in [0.3, 0.4) is 0 Å². The molecule has 0 heterocycles. The number of methoxy groups -OCH3 is 1. The van der Waals surface area contributed by atoms with Gasteiger partial charge in [-0.25, -0.2) is 13.2 Å². The maximum absolute atomic E-state index is 11.7. The molecule has 0 aliphatic rings. The van der Waals surface area contributed by atoms with E-state index < -0.39 is 16.0 Å². The minimum atomic E-state index is -3.75. The van der Waals surface area contributed by atoms with Gasteiger partial charge < -0.3 is 9.84 Å². The highest BCUT2D eigenvalue weighted by Gasteiger charge is 2.20. The van der Waals surface area contributed by atoms with Crippen LogP contribution in [0.2, 0.25) is 10.0 Å². The number of aromatic carboxylic acids is 1. The van der Waals surface area contributed by atoms with Gasteiger partial charge in [0.05, 0.1) is 28.6 Å². The molecule has 0 saturated heterocycles. The lowest BCUT2D eigenvalue weighted by atomic mass is 10.2. The predicted octanol–water partition coefficient (Wildman–Crippen LogP) is 2.08. The second kappa shape index (κ2) is 6.42. The van der Waals surface area contributed by atoms with Gasteiger partial charge in [-0.05, 0) is 12.1 Å². The van der Waals surface area contributed by atoms with E-state index in [0.717, 1.165) is 6.07 Å². The lowest BCUT2D eigenvalue weighted by Gasteiger charge is -2.12. The molecule has 0 aliphatic heterocycles. The van der Waals surface area contributed by atoms with Gasteiger partial charge in [-0.3, -0.25) is 4.72 Å². The Balaban J connectivity index is 3.17. The van der Waals surface area contributed by atoms with Crippen LogP contribution in [0.25, 0.3) is 0 Å². The van der Waals surface area contributed by atoms with Crippen LogP contribution >= 0.6 is 23.2 Å². The topological polar surface area (TPSA) is 92.7 Å². The maximum atomic E-state index is 11.7. The maximum Gasteiger partial charge on any atom is 0.337 e. The molecule has 6 nitrogen and oxygen atoms in total. The fraction of sp³-hybridized carbons (Fsp3) is 0.300. The Morgan fingerprint density at radius 2 is 2.05 bits per heavy atom. The summed E-state index contributed by atoms with van der Waals surface area (Å²) in [5.41, 5.74) is -0.534. The number of hydrogen-bond acceptors (Lipinski definition) is 4. The lowest BCUT2D eigenvalue weighted by Crippen LogP contribution is -2.21. The van der Waals surface area contributed by atoms with E-state index in [4.69, 9.17) is 28.3 Å². The SMILES string of the molecule is COCCS(=O)(=O)Nc1c(Cl)cc(Cl)cc1C(=O)O. The summed E-state index contributed by atoms with van der Waals surface area (Å²) < 4.78 is 30.2. The van der Waals surface area contributed by atoms with Crippen LogP contribution in [0, 0.1) is 0 Å². The van der Waals surface area contributed by atoms with Crippen molar-refractivity contribution in [2.75, 3.05) is 24.2 Å². The van der Waals surface area contributed by atoms with Crippen LogP contribution < -0.4 is 4.72 Å². The standard InChI is InChI=1S/C10H11Cl2NO5S/c1-18-2-3-19(16,17)13-9-7(10(14)15)4-6(11)5-8(9)12/h4-5,13H,2-3H2,1H3,(H,14,15). The number of sulfonamides is 1. The molecule has 1 aromatic carbocycles. The largest absolute Gasteiger partial charge is 0.478 e. The van der Waals surface area contributed by atoms with E-state index in [-0.39, 0.29) is 33.7 Å². The Morgan fingerprint density at radius 1 is 1.42 bits per heavy atom. The molecule has 0 spiro atoms. The van der Waals surface area contributed by atoms with Crippen molar-refractivity contribution in [2.24, 2.45) is 0 Å². The quantitative estimate of drug-likeness (QED) is 0.834. The highest BCUT2D eigenvalue weighted by atomic mass is 35.5. The zero-order valence-electron chi connectivity index (χ0n) is 9.81. The average molecular weight is 328 g/mol. The molecule has 0 saturated carbocycles. The first kappa shape index (κ1) is 16.0. The number of anilines is 1. The number of rotatable bonds is 6. The summed E-state index contributed by atoms with van der Waals surface area (Å²) in [6, 6.07) is 2.37. The molecule has 0 aromatic heterocycles. The van der Waals surface area contributed by atoms with Gasteiger partial charge in [0, 0.05) is 12.1 Å². The smallest absolute Gasteiger partial charge is 0.337 e. The van der Waals surface area contributed by atoms with Crippen molar-refractivity contribution in [3.63, 3.8) is 0 Å². The Hall–Kier alpha value is -1.02. The number of ether oxygens (including phenoxy) is 1. The third-order valence-electron chi connectivity index (χ3n) is 2.10. The Labute approximate surface area is 120 Å². The van der Waals surface area contributed by atoms with E-state index in [1.54, 1.807) is 0 Å². The van der Waals surface area contributed by atoms with E-state index in [2.05, 4.69) is 9.46 Å². The van der Waals surface area contributed by atoms with E-state index in [1.165, 1.54) is 13.2 Å². The predicted molar refractivity (Wildman–Crippen MR) is 72.7 cm³/mol. The van der Waals surface area contributed by atoms with Crippen LogP contribution in [0.1, 0.15) is 10.4 Å². The first-order chi connectivity index (χ1) is 8.76. The van der Waals surface area contributed by atoms with Gasteiger partial charge >= 0.3 is 5.97 Å². The molecule has 0 fully saturated rings. The molecule has 0 atom stereocenters. The Bertz CT molecular complexity index is 588. The van der Waals surface area contributed by atoms with Crippen molar-refractivity contribution in [1.29, 1.82) is 0 Å². The zero-order valence-corrected chi connectivity index (χ0v) is 12.1. The number of halogens is 2. The molecule has 0 radical (unpaired) electrons. The monoisotopic (exact) mass is 327 g/mol. The number of carbonyl (C=O) groups is 1. The summed E-state index contributed by atoms with van der Waals surface area (Å²) in [5, 5.41) is 9.02. The van der Waals surface area contributed by atoms with Gasteiger partial charge in [-0.15, -0.1) is 0 Å². The molecular formula is C10H11Cl2NO5S. The summed E-state index contributed by atoms with van der Waals surface area (Å²) >= 11 is 11.5. The van der Waals surface area contributed by atoms with Crippen molar-refractivity contribution < 1.29 is 23.1 Å². The first-order valence-electron chi connectivity index (χ1n) is 4.98. The third kappa shape index (κ3) is 4.54. The van der Waals surface area contributed by atoms with E-state index in [1.807, 2.05) is 0 Å². The van der Waals surface area contributed by atoms with Crippen LogP contribution in [-0.4, -0.2) is 39.0 Å². The minimum absolute atomic E-state index is 0.0249. The van der Waals surface area contributed by atoms with Crippen molar-refractivity contribution >= 4 is 44.9 Å². The molecular weight excluding hydrogens is 317 g/mol. The van der Waals surface area contributed by atoms with E-state index >= 15 is 0 Å². The van der Waals surface area contributed by atoms with Crippen molar-refractivity contribution in [3.8, 4) is 0 Å². The molecule has 1 aromatic rings. The average Bonchev–Trinajstić information content (AvgIpc) is 2.29.